The first-order chi connectivity index (χ1) is 14.5. The second-order valence-electron chi connectivity index (χ2n) is 7.91. The minimum Gasteiger partial charge on any atom is -0.465 e. The lowest BCUT2D eigenvalue weighted by Gasteiger charge is -2.26. The average molecular weight is 427 g/mol. The minimum absolute atomic E-state index is 0.0576. The van der Waals surface area contributed by atoms with Crippen molar-refractivity contribution in [2.45, 2.75) is 38.5 Å². The van der Waals surface area contributed by atoms with E-state index in [4.69, 9.17) is 4.74 Å². The smallest absolute Gasteiger partial charge is 0.337 e. The van der Waals surface area contributed by atoms with Crippen LogP contribution in [0, 0.1) is 5.92 Å². The van der Waals surface area contributed by atoms with E-state index in [2.05, 4.69) is 5.32 Å². The topological polar surface area (TPSA) is 75.7 Å². The fraction of sp³-hybridized carbons (Fsp3) is 0.435. The number of nitrogens with one attached hydrogen (secondary N) is 1. The van der Waals surface area contributed by atoms with Crippen molar-refractivity contribution in [2.24, 2.45) is 5.92 Å². The Morgan fingerprint density at radius 2 is 1.93 bits per heavy atom. The van der Waals surface area contributed by atoms with Gasteiger partial charge in [-0.2, -0.15) is 0 Å². The van der Waals surface area contributed by atoms with Gasteiger partial charge in [0, 0.05) is 29.6 Å². The summed E-state index contributed by atoms with van der Waals surface area (Å²) in [5.74, 6) is -0.503. The number of rotatable bonds is 4. The number of thiophene rings is 1. The molecule has 1 saturated heterocycles. The lowest BCUT2D eigenvalue weighted by Crippen LogP contribution is -2.35. The summed E-state index contributed by atoms with van der Waals surface area (Å²) in [6.45, 7) is 1.69. The van der Waals surface area contributed by atoms with E-state index in [-0.39, 0.29) is 17.7 Å². The average Bonchev–Trinajstić information content (AvgIpc) is 3.22. The number of piperidine rings is 1. The third-order valence-electron chi connectivity index (χ3n) is 5.86. The Bertz CT molecular complexity index is 962. The first kappa shape index (κ1) is 20.6. The van der Waals surface area contributed by atoms with Crippen LogP contribution in [-0.4, -0.2) is 42.9 Å². The summed E-state index contributed by atoms with van der Waals surface area (Å²) in [6.07, 6.45) is 5.57. The van der Waals surface area contributed by atoms with Crippen molar-refractivity contribution in [3.8, 4) is 0 Å². The summed E-state index contributed by atoms with van der Waals surface area (Å²) in [6, 6.07) is 8.75. The molecular formula is C23H26N2O4S. The van der Waals surface area contributed by atoms with Gasteiger partial charge in [-0.15, -0.1) is 11.3 Å². The van der Waals surface area contributed by atoms with E-state index in [1.807, 2.05) is 11.0 Å². The van der Waals surface area contributed by atoms with Gasteiger partial charge in [-0.05, 0) is 68.4 Å². The lowest BCUT2D eigenvalue weighted by molar-refractivity contribution is -0.120. The van der Waals surface area contributed by atoms with Crippen LogP contribution in [0.2, 0.25) is 0 Å². The second-order valence-corrected chi connectivity index (χ2v) is 9.05. The normalized spacial score (nSPS) is 18.4. The van der Waals surface area contributed by atoms with Crippen LogP contribution in [0.5, 0.6) is 0 Å². The molecule has 0 saturated carbocycles. The van der Waals surface area contributed by atoms with Gasteiger partial charge in [0.15, 0.2) is 0 Å². The highest BCUT2D eigenvalue weighted by atomic mass is 32.1. The maximum absolute atomic E-state index is 12.8. The van der Waals surface area contributed by atoms with Gasteiger partial charge in [0.05, 0.1) is 17.6 Å². The van der Waals surface area contributed by atoms with Crippen molar-refractivity contribution in [3.05, 3.63) is 51.2 Å². The number of hydrogen-bond donors (Lipinski definition) is 1. The van der Waals surface area contributed by atoms with Gasteiger partial charge >= 0.3 is 5.97 Å². The number of fused-ring (bicyclic) bond motifs is 1. The number of anilines is 1. The molecule has 1 aromatic heterocycles. The molecule has 2 amide bonds. The number of nitrogens with zero attached hydrogens (tertiary/aromatic N) is 1. The zero-order valence-corrected chi connectivity index (χ0v) is 17.9. The monoisotopic (exact) mass is 426 g/mol. The molecule has 0 spiro atoms. The third kappa shape index (κ3) is 4.41. The Kier molecular flexibility index (Phi) is 6.18. The highest BCUT2D eigenvalue weighted by molar-refractivity contribution is 7.14. The second kappa shape index (κ2) is 9.00. The molecule has 6 nitrogen and oxygen atoms in total. The molecule has 158 valence electrons. The molecule has 0 radical (unpaired) electrons. The summed E-state index contributed by atoms with van der Waals surface area (Å²) in [7, 11) is 1.33. The number of carbonyl (C=O) groups excluding carboxylic acids is 3. The van der Waals surface area contributed by atoms with E-state index in [0.29, 0.717) is 17.7 Å². The van der Waals surface area contributed by atoms with Crippen LogP contribution in [-0.2, 0) is 22.4 Å². The van der Waals surface area contributed by atoms with E-state index < -0.39 is 5.97 Å². The van der Waals surface area contributed by atoms with Crippen LogP contribution < -0.4 is 5.32 Å². The quantitative estimate of drug-likeness (QED) is 0.753. The molecule has 7 heteroatoms. The molecule has 4 rings (SSSR count). The lowest BCUT2D eigenvalue weighted by atomic mass is 9.87. The number of benzene rings is 1. The fourth-order valence-corrected chi connectivity index (χ4v) is 5.37. The zero-order chi connectivity index (χ0) is 21.1. The van der Waals surface area contributed by atoms with Crippen molar-refractivity contribution in [2.75, 3.05) is 25.5 Å². The highest BCUT2D eigenvalue weighted by Gasteiger charge is 2.29. The Labute approximate surface area is 180 Å². The van der Waals surface area contributed by atoms with Gasteiger partial charge in [-0.25, -0.2) is 4.79 Å². The van der Waals surface area contributed by atoms with Crippen LogP contribution in [0.3, 0.4) is 0 Å². The number of aryl methyl sites for hydroxylation is 1. The molecule has 1 aromatic carbocycles. The summed E-state index contributed by atoms with van der Waals surface area (Å²) in [5.41, 5.74) is 2.11. The van der Waals surface area contributed by atoms with Crippen molar-refractivity contribution in [1.29, 1.82) is 0 Å². The van der Waals surface area contributed by atoms with Gasteiger partial charge in [0.1, 0.15) is 0 Å². The van der Waals surface area contributed by atoms with Crippen LogP contribution in [0.25, 0.3) is 0 Å². The number of methoxy groups -OCH3 is 1. The number of carbonyl (C=O) groups is 3. The van der Waals surface area contributed by atoms with Crippen LogP contribution in [0.15, 0.2) is 30.3 Å². The van der Waals surface area contributed by atoms with Gasteiger partial charge in [-0.1, -0.05) is 6.07 Å². The maximum atomic E-state index is 12.8. The van der Waals surface area contributed by atoms with E-state index in [0.717, 1.165) is 49.2 Å². The number of likely N-dealkylation sites (tertiary alicyclic amines) is 1. The molecule has 2 heterocycles. The summed E-state index contributed by atoms with van der Waals surface area (Å²) in [4.78, 5) is 41.3. The molecule has 1 atom stereocenters. The largest absolute Gasteiger partial charge is 0.465 e. The van der Waals surface area contributed by atoms with Crippen molar-refractivity contribution >= 4 is 34.8 Å². The first-order valence-corrected chi connectivity index (χ1v) is 11.3. The number of esters is 1. The molecule has 1 unspecified atom stereocenters. The minimum atomic E-state index is -0.433. The Hall–Kier alpha value is -2.67. The SMILES string of the molecule is COC(=O)c1cccc(NC(=O)C2CCc3sc(C(=O)N4CCCCC4)cc3C2)c1. The Morgan fingerprint density at radius 1 is 1.13 bits per heavy atom. The van der Waals surface area contributed by atoms with E-state index in [1.165, 1.54) is 18.4 Å². The molecule has 0 bridgehead atoms. The van der Waals surface area contributed by atoms with Crippen LogP contribution >= 0.6 is 11.3 Å². The molecule has 1 N–H and O–H groups in total. The summed E-state index contributed by atoms with van der Waals surface area (Å²) in [5, 5.41) is 2.92. The number of hydrogen-bond acceptors (Lipinski definition) is 5. The van der Waals surface area contributed by atoms with Crippen LogP contribution in [0.1, 0.15) is 56.2 Å². The van der Waals surface area contributed by atoms with E-state index in [9.17, 15) is 14.4 Å². The maximum Gasteiger partial charge on any atom is 0.337 e. The van der Waals surface area contributed by atoms with Gasteiger partial charge in [0.25, 0.3) is 5.91 Å². The predicted octanol–water partition coefficient (Wildman–Crippen LogP) is 3.90. The molecule has 2 aliphatic rings. The molecular weight excluding hydrogens is 400 g/mol. The summed E-state index contributed by atoms with van der Waals surface area (Å²) < 4.78 is 4.74. The van der Waals surface area contributed by atoms with E-state index in [1.54, 1.807) is 35.6 Å². The van der Waals surface area contributed by atoms with Gasteiger partial charge in [0.2, 0.25) is 5.91 Å². The van der Waals surface area contributed by atoms with Crippen molar-refractivity contribution in [1.82, 2.24) is 4.90 Å². The van der Waals surface area contributed by atoms with Crippen molar-refractivity contribution < 1.29 is 19.1 Å². The molecule has 30 heavy (non-hydrogen) atoms. The predicted molar refractivity (Wildman–Crippen MR) is 116 cm³/mol. The fourth-order valence-electron chi connectivity index (χ4n) is 4.19. The van der Waals surface area contributed by atoms with Gasteiger partial charge < -0.3 is 15.0 Å². The van der Waals surface area contributed by atoms with Crippen molar-refractivity contribution in [3.63, 3.8) is 0 Å². The Balaban J connectivity index is 1.41. The Morgan fingerprint density at radius 3 is 2.70 bits per heavy atom. The van der Waals surface area contributed by atoms with Crippen LogP contribution in [0.4, 0.5) is 5.69 Å². The number of ether oxygens (including phenoxy) is 1. The zero-order valence-electron chi connectivity index (χ0n) is 17.1. The van der Waals surface area contributed by atoms with Gasteiger partial charge in [-0.3, -0.25) is 9.59 Å². The third-order valence-corrected chi connectivity index (χ3v) is 7.08. The van der Waals surface area contributed by atoms with E-state index >= 15 is 0 Å². The standard InChI is InChI=1S/C23H26N2O4S/c1-29-23(28)16-6-5-7-18(13-16)24-21(26)15-8-9-19-17(12-15)14-20(30-19)22(27)25-10-3-2-4-11-25/h5-7,13-15H,2-4,8-12H2,1H3,(H,24,26). The molecule has 1 aliphatic carbocycles. The molecule has 2 aromatic rings. The first-order valence-electron chi connectivity index (χ1n) is 10.5. The molecule has 1 fully saturated rings. The summed E-state index contributed by atoms with van der Waals surface area (Å²) >= 11 is 1.59. The highest BCUT2D eigenvalue weighted by Crippen LogP contribution is 2.34. The number of amides is 2. The molecule has 1 aliphatic heterocycles.